The zero-order chi connectivity index (χ0) is 11.7. The van der Waals surface area contributed by atoms with Crippen LogP contribution in [0.1, 0.15) is 15.9 Å². The standard InChI is InChI=1S/C11H10N2O3/c1-7-5-12-13(6-7)9-3-2-8(11(15)16)4-10(9)14/h2-6,14H,1H3,(H,15,16). The first kappa shape index (κ1) is 10.2. The number of aromatic carboxylic acids is 1. The van der Waals surface area contributed by atoms with E-state index in [1.54, 1.807) is 12.4 Å². The average Bonchev–Trinajstić information content (AvgIpc) is 2.64. The van der Waals surface area contributed by atoms with Gasteiger partial charge in [-0.05, 0) is 30.7 Å². The second kappa shape index (κ2) is 3.69. The molecule has 0 amide bonds. The zero-order valence-electron chi connectivity index (χ0n) is 8.58. The average molecular weight is 218 g/mol. The Balaban J connectivity index is 2.47. The summed E-state index contributed by atoms with van der Waals surface area (Å²) in [5.41, 5.74) is 1.46. The van der Waals surface area contributed by atoms with Crippen molar-refractivity contribution in [2.24, 2.45) is 0 Å². The molecule has 2 rings (SSSR count). The minimum atomic E-state index is -1.07. The van der Waals surface area contributed by atoms with Crippen LogP contribution in [0.3, 0.4) is 0 Å². The van der Waals surface area contributed by atoms with Crippen LogP contribution in [0.25, 0.3) is 5.69 Å². The quantitative estimate of drug-likeness (QED) is 0.802. The molecule has 0 fully saturated rings. The van der Waals surface area contributed by atoms with E-state index in [9.17, 15) is 9.90 Å². The molecule has 0 bridgehead atoms. The van der Waals surface area contributed by atoms with Crippen molar-refractivity contribution >= 4 is 5.97 Å². The minimum absolute atomic E-state index is 0.0464. The highest BCUT2D eigenvalue weighted by atomic mass is 16.4. The first-order chi connectivity index (χ1) is 7.58. The third-order valence-corrected chi connectivity index (χ3v) is 2.18. The first-order valence-corrected chi connectivity index (χ1v) is 4.66. The Labute approximate surface area is 91.6 Å². The fraction of sp³-hybridized carbons (Fsp3) is 0.0909. The van der Waals surface area contributed by atoms with Gasteiger partial charge in [-0.3, -0.25) is 0 Å². The summed E-state index contributed by atoms with van der Waals surface area (Å²) in [4.78, 5) is 10.7. The van der Waals surface area contributed by atoms with Crippen molar-refractivity contribution in [2.75, 3.05) is 0 Å². The Hall–Kier alpha value is -2.30. The summed E-state index contributed by atoms with van der Waals surface area (Å²) < 4.78 is 1.50. The van der Waals surface area contributed by atoms with Crippen molar-refractivity contribution in [2.45, 2.75) is 6.92 Å². The van der Waals surface area contributed by atoms with Crippen molar-refractivity contribution in [1.29, 1.82) is 0 Å². The molecular weight excluding hydrogens is 208 g/mol. The first-order valence-electron chi connectivity index (χ1n) is 4.66. The van der Waals surface area contributed by atoms with Crippen molar-refractivity contribution in [1.82, 2.24) is 9.78 Å². The Bertz CT molecular complexity index is 546. The molecule has 0 atom stereocenters. The van der Waals surface area contributed by atoms with Gasteiger partial charge in [-0.15, -0.1) is 0 Å². The SMILES string of the molecule is Cc1cnn(-c2ccc(C(=O)O)cc2O)c1. The van der Waals surface area contributed by atoms with E-state index in [0.717, 1.165) is 5.56 Å². The van der Waals surface area contributed by atoms with Gasteiger partial charge in [0.2, 0.25) is 0 Å². The Kier molecular flexibility index (Phi) is 2.36. The fourth-order valence-corrected chi connectivity index (χ4v) is 1.39. The fourth-order valence-electron chi connectivity index (χ4n) is 1.39. The van der Waals surface area contributed by atoms with Crippen LogP contribution in [0, 0.1) is 6.92 Å². The molecule has 5 heteroatoms. The number of aryl methyl sites for hydroxylation is 1. The lowest BCUT2D eigenvalue weighted by Gasteiger charge is -2.05. The number of aromatic nitrogens is 2. The topological polar surface area (TPSA) is 75.4 Å². The van der Waals surface area contributed by atoms with Crippen LogP contribution in [0.5, 0.6) is 5.75 Å². The number of hydrogen-bond donors (Lipinski definition) is 2. The molecule has 1 heterocycles. The normalized spacial score (nSPS) is 10.3. The van der Waals surface area contributed by atoms with E-state index < -0.39 is 5.97 Å². The van der Waals surface area contributed by atoms with Crippen molar-refractivity contribution in [3.8, 4) is 11.4 Å². The van der Waals surface area contributed by atoms with E-state index in [-0.39, 0.29) is 11.3 Å². The summed E-state index contributed by atoms with van der Waals surface area (Å²) >= 11 is 0. The molecule has 1 aromatic carbocycles. The van der Waals surface area contributed by atoms with Gasteiger partial charge in [0.1, 0.15) is 11.4 Å². The van der Waals surface area contributed by atoms with E-state index in [4.69, 9.17) is 5.11 Å². The minimum Gasteiger partial charge on any atom is -0.506 e. The smallest absolute Gasteiger partial charge is 0.335 e. The maximum absolute atomic E-state index is 10.7. The molecule has 0 aliphatic rings. The summed E-state index contributed by atoms with van der Waals surface area (Å²) in [7, 11) is 0. The Morgan fingerprint density at radius 2 is 2.19 bits per heavy atom. The summed E-state index contributed by atoms with van der Waals surface area (Å²) in [6.07, 6.45) is 3.40. The molecule has 0 saturated heterocycles. The summed E-state index contributed by atoms with van der Waals surface area (Å²) in [5.74, 6) is -1.18. The zero-order valence-corrected chi connectivity index (χ0v) is 8.58. The molecule has 1 aromatic heterocycles. The number of rotatable bonds is 2. The molecule has 2 aromatic rings. The van der Waals surface area contributed by atoms with Gasteiger partial charge in [0.05, 0.1) is 11.8 Å². The number of phenols is 1. The molecule has 0 spiro atoms. The molecule has 0 radical (unpaired) electrons. The van der Waals surface area contributed by atoms with Gasteiger partial charge >= 0.3 is 5.97 Å². The van der Waals surface area contributed by atoms with E-state index in [1.807, 2.05) is 6.92 Å². The van der Waals surface area contributed by atoms with Gasteiger partial charge in [-0.25, -0.2) is 9.48 Å². The van der Waals surface area contributed by atoms with E-state index in [0.29, 0.717) is 5.69 Å². The molecule has 0 unspecified atom stereocenters. The van der Waals surface area contributed by atoms with Crippen LogP contribution in [0.4, 0.5) is 0 Å². The third kappa shape index (κ3) is 1.75. The maximum atomic E-state index is 10.7. The van der Waals surface area contributed by atoms with Gasteiger partial charge in [0.15, 0.2) is 0 Å². The molecule has 5 nitrogen and oxygen atoms in total. The number of aromatic hydroxyl groups is 1. The van der Waals surface area contributed by atoms with Crippen LogP contribution in [0.2, 0.25) is 0 Å². The van der Waals surface area contributed by atoms with Crippen LogP contribution in [-0.2, 0) is 0 Å². The Morgan fingerprint density at radius 3 is 2.69 bits per heavy atom. The Morgan fingerprint density at radius 1 is 1.44 bits per heavy atom. The number of nitrogens with zero attached hydrogens (tertiary/aromatic N) is 2. The highest BCUT2D eigenvalue weighted by Gasteiger charge is 2.09. The third-order valence-electron chi connectivity index (χ3n) is 2.18. The van der Waals surface area contributed by atoms with Gasteiger partial charge in [0.25, 0.3) is 0 Å². The molecule has 0 aliphatic heterocycles. The number of carboxylic acid groups (broad SMARTS) is 1. The molecular formula is C11H10N2O3. The molecule has 0 saturated carbocycles. The summed E-state index contributed by atoms with van der Waals surface area (Å²) in [5, 5.41) is 22.5. The number of phenolic OH excluding ortho intramolecular Hbond substituents is 1. The number of carbonyl (C=O) groups is 1. The molecule has 0 aliphatic carbocycles. The van der Waals surface area contributed by atoms with Gasteiger partial charge in [-0.2, -0.15) is 5.10 Å². The van der Waals surface area contributed by atoms with E-state index in [1.165, 1.54) is 22.9 Å². The number of hydrogen-bond acceptors (Lipinski definition) is 3. The highest BCUT2D eigenvalue weighted by molar-refractivity contribution is 5.88. The predicted molar refractivity (Wildman–Crippen MR) is 56.9 cm³/mol. The van der Waals surface area contributed by atoms with Crippen molar-refractivity contribution < 1.29 is 15.0 Å². The molecule has 2 N–H and O–H groups in total. The van der Waals surface area contributed by atoms with Crippen LogP contribution >= 0.6 is 0 Å². The maximum Gasteiger partial charge on any atom is 0.335 e. The molecule has 82 valence electrons. The summed E-state index contributed by atoms with van der Waals surface area (Å²) in [6.45, 7) is 1.88. The second-order valence-corrected chi connectivity index (χ2v) is 3.47. The number of benzene rings is 1. The largest absolute Gasteiger partial charge is 0.506 e. The predicted octanol–water partition coefficient (Wildman–Crippen LogP) is 1.58. The van der Waals surface area contributed by atoms with Crippen LogP contribution in [0.15, 0.2) is 30.6 Å². The number of carboxylic acids is 1. The highest BCUT2D eigenvalue weighted by Crippen LogP contribution is 2.22. The van der Waals surface area contributed by atoms with Crippen LogP contribution < -0.4 is 0 Å². The summed E-state index contributed by atoms with van der Waals surface area (Å²) in [6, 6.07) is 4.15. The monoisotopic (exact) mass is 218 g/mol. The van der Waals surface area contributed by atoms with Crippen LogP contribution in [-0.4, -0.2) is 26.0 Å². The van der Waals surface area contributed by atoms with E-state index >= 15 is 0 Å². The van der Waals surface area contributed by atoms with E-state index in [2.05, 4.69) is 5.10 Å². The lowest BCUT2D eigenvalue weighted by atomic mass is 10.2. The van der Waals surface area contributed by atoms with Gasteiger partial charge in [-0.1, -0.05) is 0 Å². The van der Waals surface area contributed by atoms with Gasteiger partial charge < -0.3 is 10.2 Å². The lowest BCUT2D eigenvalue weighted by molar-refractivity contribution is 0.0696. The second-order valence-electron chi connectivity index (χ2n) is 3.47. The van der Waals surface area contributed by atoms with Crippen molar-refractivity contribution in [3.05, 3.63) is 41.7 Å². The lowest BCUT2D eigenvalue weighted by Crippen LogP contribution is -1.99. The molecule has 16 heavy (non-hydrogen) atoms. The van der Waals surface area contributed by atoms with Crippen molar-refractivity contribution in [3.63, 3.8) is 0 Å². The van der Waals surface area contributed by atoms with Gasteiger partial charge in [0, 0.05) is 6.20 Å².